The van der Waals surface area contributed by atoms with Crippen LogP contribution in [0.5, 0.6) is 5.75 Å². The van der Waals surface area contributed by atoms with Crippen molar-refractivity contribution >= 4 is 16.1 Å². The number of amides is 2. The molecule has 0 spiro atoms. The number of hydrogen-bond acceptors (Lipinski definition) is 5. The molecule has 1 aliphatic heterocycles. The van der Waals surface area contributed by atoms with E-state index in [9.17, 15) is 22.7 Å². The molecule has 0 aromatic heterocycles. The van der Waals surface area contributed by atoms with Gasteiger partial charge in [-0.2, -0.15) is 4.31 Å². The number of carbonyl (C=O) groups excluding carboxylic acids is 1. The second kappa shape index (κ2) is 13.0. The Balaban J connectivity index is 1.64. The summed E-state index contributed by atoms with van der Waals surface area (Å²) in [5, 5.41) is 13.0. The molecule has 0 radical (unpaired) electrons. The van der Waals surface area contributed by atoms with E-state index in [1.54, 1.807) is 43.1 Å². The van der Waals surface area contributed by atoms with Crippen molar-refractivity contribution in [1.82, 2.24) is 14.5 Å². The van der Waals surface area contributed by atoms with Gasteiger partial charge in [-0.25, -0.2) is 17.6 Å². The van der Waals surface area contributed by atoms with Gasteiger partial charge in [0, 0.05) is 42.7 Å². The first-order valence-electron chi connectivity index (χ1n) is 13.8. The highest BCUT2D eigenvalue weighted by Crippen LogP contribution is 2.34. The van der Waals surface area contributed by atoms with Gasteiger partial charge >= 0.3 is 6.03 Å². The first-order valence-corrected chi connectivity index (χ1v) is 15.2. The summed E-state index contributed by atoms with van der Waals surface area (Å²) in [4.78, 5) is 14.6. The van der Waals surface area contributed by atoms with Crippen molar-refractivity contribution in [2.75, 3.05) is 26.7 Å². The molecule has 40 heavy (non-hydrogen) atoms. The van der Waals surface area contributed by atoms with Crippen molar-refractivity contribution in [3.8, 4) is 17.6 Å². The highest BCUT2D eigenvalue weighted by atomic mass is 32.2. The zero-order valence-electron chi connectivity index (χ0n) is 23.3. The summed E-state index contributed by atoms with van der Waals surface area (Å²) >= 11 is 0. The molecule has 8 nitrogen and oxygen atoms in total. The predicted octanol–water partition coefficient (Wildman–Crippen LogP) is 3.97. The average Bonchev–Trinajstić information content (AvgIpc) is 2.94. The number of aliphatic hydroxyl groups is 1. The van der Waals surface area contributed by atoms with Crippen molar-refractivity contribution in [2.24, 2.45) is 5.92 Å². The zero-order valence-corrected chi connectivity index (χ0v) is 24.1. The maximum Gasteiger partial charge on any atom is 0.317 e. The molecule has 4 rings (SSSR count). The molecule has 216 valence electrons. The van der Waals surface area contributed by atoms with Crippen LogP contribution >= 0.6 is 0 Å². The number of sulfonamides is 1. The number of fused-ring (bicyclic) bond motifs is 1. The van der Waals surface area contributed by atoms with E-state index >= 15 is 0 Å². The van der Waals surface area contributed by atoms with Gasteiger partial charge in [0.05, 0.1) is 13.2 Å². The number of rotatable bonds is 5. The second-order valence-electron chi connectivity index (χ2n) is 10.8. The number of carbonyl (C=O) groups is 1. The molecule has 1 heterocycles. The molecule has 2 N–H and O–H groups in total. The van der Waals surface area contributed by atoms with Crippen molar-refractivity contribution in [2.45, 2.75) is 69.0 Å². The Kier molecular flexibility index (Phi) is 9.72. The topological polar surface area (TPSA) is 99.2 Å². The Morgan fingerprint density at radius 2 is 1.80 bits per heavy atom. The van der Waals surface area contributed by atoms with Gasteiger partial charge in [-0.15, -0.1) is 0 Å². The van der Waals surface area contributed by atoms with Crippen molar-refractivity contribution < 1.29 is 27.4 Å². The quantitative estimate of drug-likeness (QED) is 0.530. The Bertz CT molecular complexity index is 1350. The van der Waals surface area contributed by atoms with E-state index in [0.29, 0.717) is 11.1 Å². The van der Waals surface area contributed by atoms with Gasteiger partial charge in [0.15, 0.2) is 0 Å². The first kappa shape index (κ1) is 29.8. The molecule has 0 unspecified atom stereocenters. The lowest BCUT2D eigenvalue weighted by atomic mass is 9.96. The highest BCUT2D eigenvalue weighted by Gasteiger charge is 2.38. The lowest BCUT2D eigenvalue weighted by Crippen LogP contribution is -2.52. The number of halogens is 1. The summed E-state index contributed by atoms with van der Waals surface area (Å²) in [5.74, 6) is 5.44. The summed E-state index contributed by atoms with van der Waals surface area (Å²) in [5.41, 5.74) is 1.14. The van der Waals surface area contributed by atoms with Crippen LogP contribution in [0.3, 0.4) is 0 Å². The van der Waals surface area contributed by atoms with E-state index in [2.05, 4.69) is 17.2 Å². The van der Waals surface area contributed by atoms with Gasteiger partial charge in [0.2, 0.25) is 10.0 Å². The highest BCUT2D eigenvalue weighted by molar-refractivity contribution is 7.89. The molecule has 2 aromatic rings. The number of likely N-dealkylation sites (N-methyl/N-ethyl adjacent to an activating group) is 1. The molecule has 2 amide bonds. The minimum Gasteiger partial charge on any atom is -0.487 e. The Labute approximate surface area is 236 Å². The number of aliphatic hydroxyl groups excluding tert-OH is 1. The van der Waals surface area contributed by atoms with Crippen LogP contribution in [0.2, 0.25) is 0 Å². The maximum absolute atomic E-state index is 13.7. The molecule has 2 aliphatic rings. The fourth-order valence-electron chi connectivity index (χ4n) is 5.08. The molecule has 3 atom stereocenters. The van der Waals surface area contributed by atoms with Gasteiger partial charge in [-0.3, -0.25) is 0 Å². The second-order valence-corrected chi connectivity index (χ2v) is 12.7. The lowest BCUT2D eigenvalue weighted by Gasteiger charge is -2.37. The number of nitrogens with zero attached hydrogens (tertiary/aromatic N) is 2. The molecular formula is C30H38FN3O5S. The van der Waals surface area contributed by atoms with Gasteiger partial charge < -0.3 is 20.1 Å². The summed E-state index contributed by atoms with van der Waals surface area (Å²) in [6, 6.07) is 9.75. The summed E-state index contributed by atoms with van der Waals surface area (Å²) in [7, 11) is -2.29. The molecule has 1 saturated carbocycles. The van der Waals surface area contributed by atoms with E-state index in [1.165, 1.54) is 28.9 Å². The number of benzene rings is 2. The van der Waals surface area contributed by atoms with Crippen LogP contribution in [0.15, 0.2) is 47.4 Å². The molecule has 0 saturated heterocycles. The lowest BCUT2D eigenvalue weighted by molar-refractivity contribution is 0.0806. The molecule has 0 bridgehead atoms. The Morgan fingerprint density at radius 3 is 2.48 bits per heavy atom. The SMILES string of the molecule is C[C@H]1CN([C@@H](C)CO)S(=O)(=O)c2ccc(C#Cc3ccc(F)cc3)cc2O[C@H]1CN(C)C(=O)NC1CCCCC1. The third-order valence-corrected chi connectivity index (χ3v) is 9.62. The molecular weight excluding hydrogens is 533 g/mol. The molecule has 10 heteroatoms. The number of nitrogens with one attached hydrogen (secondary N) is 1. The number of urea groups is 1. The van der Waals surface area contributed by atoms with Gasteiger partial charge in [-0.05, 0) is 62.2 Å². The van der Waals surface area contributed by atoms with Crippen LogP contribution in [0.4, 0.5) is 9.18 Å². The van der Waals surface area contributed by atoms with Crippen LogP contribution in [0.1, 0.15) is 57.1 Å². The fraction of sp³-hybridized carbons (Fsp3) is 0.500. The van der Waals surface area contributed by atoms with E-state index < -0.39 is 22.2 Å². The summed E-state index contributed by atoms with van der Waals surface area (Å²) < 4.78 is 48.3. The third kappa shape index (κ3) is 7.14. The van der Waals surface area contributed by atoms with E-state index in [1.807, 2.05) is 6.92 Å². The van der Waals surface area contributed by atoms with Crippen molar-refractivity contribution in [3.63, 3.8) is 0 Å². The maximum atomic E-state index is 13.7. The van der Waals surface area contributed by atoms with Crippen molar-refractivity contribution in [1.29, 1.82) is 0 Å². The molecule has 1 aliphatic carbocycles. The van der Waals surface area contributed by atoms with Crippen LogP contribution in [-0.2, 0) is 10.0 Å². The van der Waals surface area contributed by atoms with Gasteiger partial charge in [0.25, 0.3) is 0 Å². The Morgan fingerprint density at radius 1 is 1.15 bits per heavy atom. The van der Waals surface area contributed by atoms with Crippen LogP contribution in [0.25, 0.3) is 0 Å². The first-order chi connectivity index (χ1) is 19.1. The largest absolute Gasteiger partial charge is 0.487 e. The number of ether oxygens (including phenoxy) is 1. The average molecular weight is 572 g/mol. The van der Waals surface area contributed by atoms with Gasteiger partial charge in [0.1, 0.15) is 22.6 Å². The smallest absolute Gasteiger partial charge is 0.317 e. The minimum absolute atomic E-state index is 0.0219. The van der Waals surface area contributed by atoms with E-state index in [0.717, 1.165) is 25.7 Å². The monoisotopic (exact) mass is 571 g/mol. The van der Waals surface area contributed by atoms with Crippen molar-refractivity contribution in [3.05, 3.63) is 59.4 Å². The minimum atomic E-state index is -4.00. The van der Waals surface area contributed by atoms with E-state index in [-0.39, 0.29) is 54.1 Å². The van der Waals surface area contributed by atoms with E-state index in [4.69, 9.17) is 4.74 Å². The summed E-state index contributed by atoms with van der Waals surface area (Å²) in [6.45, 7) is 3.57. The molecule has 2 aromatic carbocycles. The van der Waals surface area contributed by atoms with Crippen LogP contribution in [0, 0.1) is 23.6 Å². The predicted molar refractivity (Wildman–Crippen MR) is 151 cm³/mol. The van der Waals surface area contributed by atoms with Crippen LogP contribution in [-0.4, -0.2) is 73.7 Å². The number of hydrogen-bond donors (Lipinski definition) is 2. The molecule has 1 fully saturated rings. The van der Waals surface area contributed by atoms with Gasteiger partial charge in [-0.1, -0.05) is 38.0 Å². The standard InChI is InChI=1S/C30H38FN3O5S/c1-21-18-34(22(2)20-35)40(37,38)29-16-13-24(10-9-23-11-14-25(31)15-12-23)17-27(29)39-28(21)19-33(3)30(36)32-26-7-5-4-6-8-26/h11-17,21-22,26,28,35H,4-8,18-20H2,1-3H3,(H,32,36)/t21-,22-,28-/m0/s1. The zero-order chi connectivity index (χ0) is 28.9. The summed E-state index contributed by atoms with van der Waals surface area (Å²) in [6.07, 6.45) is 4.82. The van der Waals surface area contributed by atoms with Crippen LogP contribution < -0.4 is 10.1 Å². The fourth-order valence-corrected chi connectivity index (χ4v) is 6.91. The Hall–Kier alpha value is -3.13. The normalized spacial score (nSPS) is 21.9. The third-order valence-electron chi connectivity index (χ3n) is 7.60.